The molecule has 6 nitrogen and oxygen atoms in total. The first-order valence-corrected chi connectivity index (χ1v) is 9.51. The Labute approximate surface area is 161 Å². The van der Waals surface area contributed by atoms with Gasteiger partial charge in [0.15, 0.2) is 0 Å². The van der Waals surface area contributed by atoms with Crippen LogP contribution in [0.5, 0.6) is 0 Å². The zero-order chi connectivity index (χ0) is 19.4. The van der Waals surface area contributed by atoms with Gasteiger partial charge in [-0.05, 0) is 44.4 Å². The standard InChI is InChI=1S/C21H29N3O3/c1-15-20(16(2)27-22-15)12-21(25)24(14-19-6-5-11-26-19)13-17-7-9-18(10-8-17)23(3)4/h7-10,19H,5-6,11-14H2,1-4H3/t19-/m0/s1. The summed E-state index contributed by atoms with van der Waals surface area (Å²) in [5.74, 6) is 0.796. The third-order valence-electron chi connectivity index (χ3n) is 5.14. The minimum absolute atomic E-state index is 0.0802. The second kappa shape index (κ2) is 8.57. The van der Waals surface area contributed by atoms with E-state index in [9.17, 15) is 4.79 Å². The van der Waals surface area contributed by atoms with Crippen LogP contribution in [0.4, 0.5) is 5.69 Å². The van der Waals surface area contributed by atoms with Gasteiger partial charge in [-0.25, -0.2) is 0 Å². The van der Waals surface area contributed by atoms with E-state index in [1.165, 1.54) is 0 Å². The molecule has 0 radical (unpaired) electrons. The van der Waals surface area contributed by atoms with Gasteiger partial charge in [0.05, 0.1) is 18.2 Å². The molecule has 2 heterocycles. The Bertz CT molecular complexity index is 742. The molecule has 6 heteroatoms. The maximum atomic E-state index is 13.1. The molecule has 27 heavy (non-hydrogen) atoms. The Morgan fingerprint density at radius 3 is 2.52 bits per heavy atom. The Morgan fingerprint density at radius 2 is 1.96 bits per heavy atom. The number of aryl methyl sites for hydroxylation is 2. The average molecular weight is 371 g/mol. The highest BCUT2D eigenvalue weighted by Gasteiger charge is 2.24. The van der Waals surface area contributed by atoms with Crippen LogP contribution in [-0.2, 0) is 22.5 Å². The van der Waals surface area contributed by atoms with Crippen molar-refractivity contribution in [2.45, 2.75) is 45.8 Å². The lowest BCUT2D eigenvalue weighted by molar-refractivity contribution is -0.132. The summed E-state index contributed by atoms with van der Waals surface area (Å²) in [6.45, 7) is 5.72. The molecule has 1 aliphatic heterocycles. The molecule has 0 N–H and O–H groups in total. The predicted octanol–water partition coefficient (Wildman–Crippen LogP) is 3.11. The highest BCUT2D eigenvalue weighted by Crippen LogP contribution is 2.20. The van der Waals surface area contributed by atoms with Gasteiger partial charge >= 0.3 is 0 Å². The van der Waals surface area contributed by atoms with Gasteiger partial charge in [0.25, 0.3) is 0 Å². The zero-order valence-electron chi connectivity index (χ0n) is 16.7. The van der Waals surface area contributed by atoms with Crippen LogP contribution in [0.1, 0.15) is 35.4 Å². The number of hydrogen-bond donors (Lipinski definition) is 0. The first-order chi connectivity index (χ1) is 12.9. The van der Waals surface area contributed by atoms with E-state index >= 15 is 0 Å². The summed E-state index contributed by atoms with van der Waals surface area (Å²) in [6.07, 6.45) is 2.51. The lowest BCUT2D eigenvalue weighted by Gasteiger charge is -2.26. The number of aromatic nitrogens is 1. The summed E-state index contributed by atoms with van der Waals surface area (Å²) >= 11 is 0. The quantitative estimate of drug-likeness (QED) is 0.748. The van der Waals surface area contributed by atoms with Crippen LogP contribution in [0, 0.1) is 13.8 Å². The average Bonchev–Trinajstić information content (AvgIpc) is 3.26. The van der Waals surface area contributed by atoms with Crippen molar-refractivity contribution < 1.29 is 14.1 Å². The largest absolute Gasteiger partial charge is 0.378 e. The predicted molar refractivity (Wildman–Crippen MR) is 105 cm³/mol. The maximum Gasteiger partial charge on any atom is 0.227 e. The zero-order valence-corrected chi connectivity index (χ0v) is 16.7. The number of anilines is 1. The molecule has 2 aromatic rings. The second-order valence-electron chi connectivity index (χ2n) is 7.45. The van der Waals surface area contributed by atoms with Crippen molar-refractivity contribution >= 4 is 11.6 Å². The van der Waals surface area contributed by atoms with Gasteiger partial charge in [-0.3, -0.25) is 4.79 Å². The van der Waals surface area contributed by atoms with Gasteiger partial charge in [-0.1, -0.05) is 17.3 Å². The van der Waals surface area contributed by atoms with Crippen LogP contribution < -0.4 is 4.90 Å². The van der Waals surface area contributed by atoms with Crippen molar-refractivity contribution in [1.29, 1.82) is 0 Å². The molecule has 0 spiro atoms. The topological polar surface area (TPSA) is 58.8 Å². The number of nitrogens with zero attached hydrogens (tertiary/aromatic N) is 3. The molecular formula is C21H29N3O3. The van der Waals surface area contributed by atoms with Gasteiger partial charge in [-0.2, -0.15) is 0 Å². The summed E-state index contributed by atoms with van der Waals surface area (Å²) < 4.78 is 11.0. The monoisotopic (exact) mass is 371 g/mol. The molecule has 1 atom stereocenters. The fourth-order valence-electron chi connectivity index (χ4n) is 3.43. The minimum atomic E-state index is 0.0802. The molecule has 1 aromatic heterocycles. The van der Waals surface area contributed by atoms with Crippen molar-refractivity contribution in [3.8, 4) is 0 Å². The lowest BCUT2D eigenvalue weighted by Crippen LogP contribution is -2.38. The molecule has 0 bridgehead atoms. The van der Waals surface area contributed by atoms with Crippen LogP contribution in [0.3, 0.4) is 0 Å². The van der Waals surface area contributed by atoms with E-state index in [-0.39, 0.29) is 12.0 Å². The van der Waals surface area contributed by atoms with E-state index in [1.54, 1.807) is 0 Å². The highest BCUT2D eigenvalue weighted by atomic mass is 16.5. The molecule has 3 rings (SSSR count). The molecule has 1 amide bonds. The SMILES string of the molecule is Cc1noc(C)c1CC(=O)N(Cc1ccc(N(C)C)cc1)C[C@@H]1CCCO1. The van der Waals surface area contributed by atoms with E-state index < -0.39 is 0 Å². The third kappa shape index (κ3) is 4.89. The fourth-order valence-corrected chi connectivity index (χ4v) is 3.43. The number of benzene rings is 1. The Balaban J connectivity index is 1.74. The molecule has 0 unspecified atom stereocenters. The van der Waals surface area contributed by atoms with Crippen molar-refractivity contribution in [1.82, 2.24) is 10.1 Å². The van der Waals surface area contributed by atoms with Crippen LogP contribution in [0.25, 0.3) is 0 Å². The van der Waals surface area contributed by atoms with Crippen LogP contribution in [0.15, 0.2) is 28.8 Å². The normalized spacial score (nSPS) is 16.5. The first kappa shape index (κ1) is 19.4. The third-order valence-corrected chi connectivity index (χ3v) is 5.14. The Hall–Kier alpha value is -2.34. The molecular weight excluding hydrogens is 342 g/mol. The van der Waals surface area contributed by atoms with Crippen molar-refractivity contribution in [3.05, 3.63) is 46.8 Å². The molecule has 146 valence electrons. The van der Waals surface area contributed by atoms with E-state index in [2.05, 4.69) is 34.3 Å². The molecule has 0 saturated carbocycles. The van der Waals surface area contributed by atoms with Gasteiger partial charge in [-0.15, -0.1) is 0 Å². The lowest BCUT2D eigenvalue weighted by atomic mass is 10.1. The van der Waals surface area contributed by atoms with Gasteiger partial charge in [0.2, 0.25) is 5.91 Å². The van der Waals surface area contributed by atoms with Crippen LogP contribution in [-0.4, -0.2) is 49.3 Å². The second-order valence-corrected chi connectivity index (χ2v) is 7.45. The van der Waals surface area contributed by atoms with E-state index in [0.717, 1.165) is 42.0 Å². The van der Waals surface area contributed by atoms with Crippen LogP contribution >= 0.6 is 0 Å². The number of rotatable bonds is 7. The van der Waals surface area contributed by atoms with E-state index in [4.69, 9.17) is 9.26 Å². The number of carbonyl (C=O) groups excluding carboxylic acids is 1. The van der Waals surface area contributed by atoms with Gasteiger partial charge in [0, 0.05) is 45.0 Å². The summed E-state index contributed by atoms with van der Waals surface area (Å²) in [6, 6.07) is 8.33. The number of carbonyl (C=O) groups is 1. The Morgan fingerprint density at radius 1 is 1.22 bits per heavy atom. The molecule has 1 saturated heterocycles. The molecule has 1 aromatic carbocycles. The van der Waals surface area contributed by atoms with Gasteiger partial charge in [0.1, 0.15) is 5.76 Å². The summed E-state index contributed by atoms with van der Waals surface area (Å²) in [4.78, 5) is 17.1. The number of amides is 1. The fraction of sp³-hybridized carbons (Fsp3) is 0.524. The van der Waals surface area contributed by atoms with Crippen molar-refractivity contribution in [3.63, 3.8) is 0 Å². The smallest absolute Gasteiger partial charge is 0.227 e. The van der Waals surface area contributed by atoms with Crippen molar-refractivity contribution in [2.75, 3.05) is 32.1 Å². The summed E-state index contributed by atoms with van der Waals surface area (Å²) in [5.41, 5.74) is 3.94. The molecule has 0 aliphatic carbocycles. The van der Waals surface area contributed by atoms with E-state index in [1.807, 2.05) is 32.8 Å². The molecule has 1 aliphatic rings. The van der Waals surface area contributed by atoms with E-state index in [0.29, 0.717) is 25.3 Å². The Kier molecular flexibility index (Phi) is 6.16. The van der Waals surface area contributed by atoms with Gasteiger partial charge < -0.3 is 19.1 Å². The maximum absolute atomic E-state index is 13.1. The summed E-state index contributed by atoms with van der Waals surface area (Å²) in [5, 5.41) is 3.97. The first-order valence-electron chi connectivity index (χ1n) is 9.51. The minimum Gasteiger partial charge on any atom is -0.378 e. The molecule has 1 fully saturated rings. The number of ether oxygens (including phenoxy) is 1. The number of hydrogen-bond acceptors (Lipinski definition) is 5. The van der Waals surface area contributed by atoms with Crippen molar-refractivity contribution in [2.24, 2.45) is 0 Å². The van der Waals surface area contributed by atoms with Crippen LogP contribution in [0.2, 0.25) is 0 Å². The summed E-state index contributed by atoms with van der Waals surface area (Å²) in [7, 11) is 4.04. The highest BCUT2D eigenvalue weighted by molar-refractivity contribution is 5.79.